The van der Waals surface area contributed by atoms with Crippen molar-refractivity contribution in [2.45, 2.75) is 13.2 Å². The fraction of sp³-hybridized carbons (Fsp3) is 0.158. The number of nitrogens with zero attached hydrogens (tertiary/aromatic N) is 1. The number of hydrogen-bond donors (Lipinski definition) is 1. The molecule has 6 nitrogen and oxygen atoms in total. The van der Waals surface area contributed by atoms with Gasteiger partial charge in [0, 0.05) is 18.8 Å². The highest BCUT2D eigenvalue weighted by molar-refractivity contribution is 5.91. The van der Waals surface area contributed by atoms with E-state index in [0.29, 0.717) is 12.3 Å². The predicted octanol–water partition coefficient (Wildman–Crippen LogP) is 2.49. The minimum Gasteiger partial charge on any atom is -0.483 e. The monoisotopic (exact) mass is 338 g/mol. The van der Waals surface area contributed by atoms with Crippen molar-refractivity contribution < 1.29 is 13.9 Å². The Labute approximate surface area is 144 Å². The molecule has 0 aliphatic rings. The third kappa shape index (κ3) is 4.17. The van der Waals surface area contributed by atoms with Crippen LogP contribution in [0.2, 0.25) is 0 Å². The second-order valence-corrected chi connectivity index (χ2v) is 5.54. The number of carbonyl (C=O) groups excluding carboxylic acids is 1. The topological polar surface area (TPSA) is 73.5 Å². The summed E-state index contributed by atoms with van der Waals surface area (Å²) in [5, 5.41) is 2.71. The molecule has 2 aromatic heterocycles. The first-order chi connectivity index (χ1) is 12.1. The lowest BCUT2D eigenvalue weighted by Gasteiger charge is -2.12. The molecule has 0 saturated carbocycles. The largest absolute Gasteiger partial charge is 0.483 e. The first-order valence-corrected chi connectivity index (χ1v) is 7.81. The number of nitrogens with one attached hydrogen (secondary N) is 1. The first kappa shape index (κ1) is 16.6. The van der Waals surface area contributed by atoms with Crippen molar-refractivity contribution in [1.29, 1.82) is 0 Å². The van der Waals surface area contributed by atoms with Gasteiger partial charge in [0.2, 0.25) is 5.43 Å². The number of aromatic nitrogens is 1. The highest BCUT2D eigenvalue weighted by atomic mass is 16.5. The second kappa shape index (κ2) is 7.53. The molecule has 0 aliphatic heterocycles. The Morgan fingerprint density at radius 1 is 1.20 bits per heavy atom. The first-order valence-electron chi connectivity index (χ1n) is 7.81. The minimum absolute atomic E-state index is 0.213. The highest BCUT2D eigenvalue weighted by Crippen LogP contribution is 2.09. The van der Waals surface area contributed by atoms with Crippen LogP contribution in [0, 0.1) is 0 Å². The molecule has 0 saturated heterocycles. The van der Waals surface area contributed by atoms with E-state index in [2.05, 4.69) is 5.32 Å². The van der Waals surface area contributed by atoms with Gasteiger partial charge in [0.15, 0.2) is 11.5 Å². The van der Waals surface area contributed by atoms with Gasteiger partial charge in [0.25, 0.3) is 5.91 Å². The molecule has 1 aromatic carbocycles. The van der Waals surface area contributed by atoms with E-state index in [1.165, 1.54) is 12.3 Å². The lowest BCUT2D eigenvalue weighted by molar-refractivity contribution is 0.0922. The minimum atomic E-state index is -0.332. The zero-order valence-electron chi connectivity index (χ0n) is 13.8. The average molecular weight is 338 g/mol. The van der Waals surface area contributed by atoms with Crippen LogP contribution in [0.4, 0.5) is 0 Å². The molecule has 0 fully saturated rings. The molecule has 0 aliphatic carbocycles. The van der Waals surface area contributed by atoms with Crippen LogP contribution in [0.15, 0.2) is 70.2 Å². The van der Waals surface area contributed by atoms with Gasteiger partial charge in [-0.1, -0.05) is 30.3 Å². The Morgan fingerprint density at radius 2 is 2.00 bits per heavy atom. The van der Waals surface area contributed by atoms with Crippen molar-refractivity contribution in [1.82, 2.24) is 9.88 Å². The summed E-state index contributed by atoms with van der Waals surface area (Å²) in [7, 11) is 1.79. The number of amides is 1. The smallest absolute Gasteiger partial charge is 0.287 e. The van der Waals surface area contributed by atoms with Gasteiger partial charge in [-0.05, 0) is 17.7 Å². The molecular formula is C19H18N2O4. The van der Waals surface area contributed by atoms with Crippen LogP contribution in [0.25, 0.3) is 0 Å². The number of furan rings is 1. The lowest BCUT2D eigenvalue weighted by atomic mass is 10.2. The van der Waals surface area contributed by atoms with Crippen molar-refractivity contribution in [3.63, 3.8) is 0 Å². The summed E-state index contributed by atoms with van der Waals surface area (Å²) in [5.74, 6) is 0.169. The maximum absolute atomic E-state index is 12.2. The van der Waals surface area contributed by atoms with Crippen LogP contribution in [-0.4, -0.2) is 10.5 Å². The van der Waals surface area contributed by atoms with E-state index < -0.39 is 0 Å². The fourth-order valence-corrected chi connectivity index (χ4v) is 2.33. The third-order valence-corrected chi connectivity index (χ3v) is 3.72. The zero-order chi connectivity index (χ0) is 17.6. The number of pyridine rings is 1. The van der Waals surface area contributed by atoms with Gasteiger partial charge in [-0.2, -0.15) is 0 Å². The highest BCUT2D eigenvalue weighted by Gasteiger charge is 2.10. The molecule has 1 N–H and O–H groups in total. The molecule has 6 heteroatoms. The lowest BCUT2D eigenvalue weighted by Crippen LogP contribution is -2.25. The Hall–Kier alpha value is -3.28. The summed E-state index contributed by atoms with van der Waals surface area (Å²) in [6.45, 7) is 0.537. The molecule has 0 unspecified atom stereocenters. The SMILES string of the molecule is Cn1cc(OCc2ccccc2)c(=O)cc1CNC(=O)c1ccco1. The Balaban J connectivity index is 1.65. The number of rotatable bonds is 6. The molecule has 3 rings (SSSR count). The van der Waals surface area contributed by atoms with Gasteiger partial charge < -0.3 is 19.0 Å². The van der Waals surface area contributed by atoms with Crippen molar-refractivity contribution in [3.8, 4) is 5.75 Å². The van der Waals surface area contributed by atoms with Crippen molar-refractivity contribution >= 4 is 5.91 Å². The van der Waals surface area contributed by atoms with E-state index in [0.717, 1.165) is 5.56 Å². The third-order valence-electron chi connectivity index (χ3n) is 3.72. The summed E-state index contributed by atoms with van der Waals surface area (Å²) < 4.78 is 12.4. The summed E-state index contributed by atoms with van der Waals surface area (Å²) in [6.07, 6.45) is 3.06. The molecule has 0 atom stereocenters. The average Bonchev–Trinajstić information content (AvgIpc) is 3.16. The molecule has 0 bridgehead atoms. The number of hydrogen-bond acceptors (Lipinski definition) is 4. The molecule has 1 amide bonds. The summed E-state index contributed by atoms with van der Waals surface area (Å²) in [4.78, 5) is 24.1. The van der Waals surface area contributed by atoms with Crippen LogP contribution in [0.5, 0.6) is 5.75 Å². The van der Waals surface area contributed by atoms with E-state index in [1.807, 2.05) is 30.3 Å². The molecule has 0 spiro atoms. The van der Waals surface area contributed by atoms with Gasteiger partial charge in [0.1, 0.15) is 6.61 Å². The number of ether oxygens (including phenoxy) is 1. The predicted molar refractivity (Wildman–Crippen MR) is 92.3 cm³/mol. The molecule has 128 valence electrons. The summed E-state index contributed by atoms with van der Waals surface area (Å²) >= 11 is 0. The van der Waals surface area contributed by atoms with Gasteiger partial charge in [0.05, 0.1) is 19.0 Å². The Morgan fingerprint density at radius 3 is 2.72 bits per heavy atom. The second-order valence-electron chi connectivity index (χ2n) is 5.54. The molecule has 3 aromatic rings. The van der Waals surface area contributed by atoms with Gasteiger partial charge in [-0.15, -0.1) is 0 Å². The number of aryl methyl sites for hydroxylation is 1. The number of benzene rings is 1. The molecule has 2 heterocycles. The quantitative estimate of drug-likeness (QED) is 0.749. The standard InChI is InChI=1S/C19H18N2O4/c1-21-12-18(25-13-14-6-3-2-4-7-14)16(22)10-15(21)11-20-19(23)17-8-5-9-24-17/h2-10,12H,11,13H2,1H3,(H,20,23). The molecular weight excluding hydrogens is 320 g/mol. The van der Waals surface area contributed by atoms with Crippen LogP contribution in [0.1, 0.15) is 21.8 Å². The Bertz CT molecular complexity index is 899. The molecule has 25 heavy (non-hydrogen) atoms. The van der Waals surface area contributed by atoms with Gasteiger partial charge in [-0.25, -0.2) is 0 Å². The van der Waals surface area contributed by atoms with E-state index >= 15 is 0 Å². The van der Waals surface area contributed by atoms with E-state index in [4.69, 9.17) is 9.15 Å². The maximum Gasteiger partial charge on any atom is 0.287 e. The van der Waals surface area contributed by atoms with Crippen molar-refractivity contribution in [2.75, 3.05) is 0 Å². The Kier molecular flexibility index (Phi) is 4.99. The normalized spacial score (nSPS) is 10.4. The summed E-state index contributed by atoms with van der Waals surface area (Å²) in [5.41, 5.74) is 1.42. The summed E-state index contributed by atoms with van der Waals surface area (Å²) in [6, 6.07) is 14.3. The zero-order valence-corrected chi connectivity index (χ0v) is 13.8. The van der Waals surface area contributed by atoms with Gasteiger partial charge >= 0.3 is 0 Å². The van der Waals surface area contributed by atoms with Crippen molar-refractivity contribution in [2.24, 2.45) is 7.05 Å². The van der Waals surface area contributed by atoms with E-state index in [-0.39, 0.29) is 29.4 Å². The van der Waals surface area contributed by atoms with Crippen LogP contribution >= 0.6 is 0 Å². The number of carbonyl (C=O) groups is 1. The van der Waals surface area contributed by atoms with Crippen molar-refractivity contribution in [3.05, 3.63) is 88.2 Å². The van der Waals surface area contributed by atoms with Crippen LogP contribution < -0.4 is 15.5 Å². The van der Waals surface area contributed by atoms with Gasteiger partial charge in [-0.3, -0.25) is 9.59 Å². The van der Waals surface area contributed by atoms with E-state index in [1.54, 1.807) is 29.9 Å². The van der Waals surface area contributed by atoms with Crippen LogP contribution in [-0.2, 0) is 20.2 Å². The fourth-order valence-electron chi connectivity index (χ4n) is 2.33. The van der Waals surface area contributed by atoms with E-state index in [9.17, 15) is 9.59 Å². The molecule has 0 radical (unpaired) electrons. The maximum atomic E-state index is 12.2. The van der Waals surface area contributed by atoms with Crippen LogP contribution in [0.3, 0.4) is 0 Å².